The number of anilines is 1. The zero-order valence-corrected chi connectivity index (χ0v) is 12.0. The highest BCUT2D eigenvalue weighted by Gasteiger charge is 2.29. The third-order valence-corrected chi connectivity index (χ3v) is 3.97. The van der Waals surface area contributed by atoms with Crippen LogP contribution in [0.25, 0.3) is 0 Å². The van der Waals surface area contributed by atoms with Crippen LogP contribution >= 0.6 is 0 Å². The van der Waals surface area contributed by atoms with Crippen molar-refractivity contribution in [1.29, 1.82) is 0 Å². The predicted octanol–water partition coefficient (Wildman–Crippen LogP) is 3.56. The van der Waals surface area contributed by atoms with Crippen LogP contribution in [0.5, 0.6) is 0 Å². The van der Waals surface area contributed by atoms with E-state index in [0.717, 1.165) is 19.4 Å². The van der Waals surface area contributed by atoms with Crippen LogP contribution in [0.3, 0.4) is 0 Å². The Morgan fingerprint density at radius 3 is 2.84 bits per heavy atom. The fourth-order valence-corrected chi connectivity index (χ4v) is 3.08. The van der Waals surface area contributed by atoms with Crippen molar-refractivity contribution in [2.75, 3.05) is 11.4 Å². The molecule has 0 aliphatic carbocycles. The lowest BCUT2D eigenvalue weighted by molar-refractivity contribution is -0.137. The number of hydrogen-bond donors (Lipinski definition) is 1. The highest BCUT2D eigenvalue weighted by Crippen LogP contribution is 2.36. The van der Waals surface area contributed by atoms with E-state index in [4.69, 9.17) is 5.11 Å². The first kappa shape index (κ1) is 13.9. The zero-order chi connectivity index (χ0) is 14.0. The number of hydrogen-bond acceptors (Lipinski definition) is 2. The summed E-state index contributed by atoms with van der Waals surface area (Å²) in [6.07, 6.45) is 2.31. The van der Waals surface area contributed by atoms with E-state index in [1.807, 2.05) is 0 Å². The first-order chi connectivity index (χ1) is 9.00. The first-order valence-electron chi connectivity index (χ1n) is 7.08. The molecule has 19 heavy (non-hydrogen) atoms. The standard InChI is InChI=1S/C16H23NO2/c1-11(2)14-8-4-6-12(3)16(14)17-9-5-7-13(17)10-15(18)19/h4,6,8,11,13H,5,7,9-10H2,1-3H3,(H,18,19). The van der Waals surface area contributed by atoms with Crippen LogP contribution < -0.4 is 4.90 Å². The molecule has 0 amide bonds. The SMILES string of the molecule is Cc1cccc(C(C)C)c1N1CCCC1CC(=O)O. The van der Waals surface area contributed by atoms with Gasteiger partial charge in [0.15, 0.2) is 0 Å². The van der Waals surface area contributed by atoms with Crippen LogP contribution in [0.2, 0.25) is 0 Å². The minimum Gasteiger partial charge on any atom is -0.481 e. The molecule has 1 aromatic carbocycles. The number of benzene rings is 1. The molecule has 1 atom stereocenters. The van der Waals surface area contributed by atoms with Crippen LogP contribution in [0.4, 0.5) is 5.69 Å². The van der Waals surface area contributed by atoms with Gasteiger partial charge in [-0.15, -0.1) is 0 Å². The van der Waals surface area contributed by atoms with Gasteiger partial charge in [-0.25, -0.2) is 0 Å². The fourth-order valence-electron chi connectivity index (χ4n) is 3.08. The van der Waals surface area contributed by atoms with Crippen LogP contribution in [-0.4, -0.2) is 23.7 Å². The highest BCUT2D eigenvalue weighted by atomic mass is 16.4. The molecule has 1 aromatic rings. The Kier molecular flexibility index (Phi) is 4.13. The third-order valence-electron chi connectivity index (χ3n) is 3.97. The van der Waals surface area contributed by atoms with Crippen molar-refractivity contribution >= 4 is 11.7 Å². The molecule has 104 valence electrons. The Balaban J connectivity index is 2.37. The summed E-state index contributed by atoms with van der Waals surface area (Å²) in [5.41, 5.74) is 3.85. The number of aliphatic carboxylic acids is 1. The molecular weight excluding hydrogens is 238 g/mol. The molecule has 1 aliphatic rings. The van der Waals surface area contributed by atoms with Crippen LogP contribution in [-0.2, 0) is 4.79 Å². The van der Waals surface area contributed by atoms with Gasteiger partial charge in [0.1, 0.15) is 0 Å². The maximum atomic E-state index is 11.0. The molecule has 0 saturated carbocycles. The molecule has 3 heteroatoms. The number of carbonyl (C=O) groups is 1. The molecular formula is C16H23NO2. The topological polar surface area (TPSA) is 40.5 Å². The van der Waals surface area contributed by atoms with Crippen molar-refractivity contribution in [3.63, 3.8) is 0 Å². The fraction of sp³-hybridized carbons (Fsp3) is 0.562. The van der Waals surface area contributed by atoms with Crippen LogP contribution in [0.15, 0.2) is 18.2 Å². The van der Waals surface area contributed by atoms with Crippen LogP contribution in [0.1, 0.15) is 50.2 Å². The molecule has 1 unspecified atom stereocenters. The number of nitrogens with zero attached hydrogens (tertiary/aromatic N) is 1. The Labute approximate surface area is 115 Å². The van der Waals surface area contributed by atoms with Gasteiger partial charge in [-0.1, -0.05) is 32.0 Å². The molecule has 2 rings (SSSR count). The Hall–Kier alpha value is -1.51. The van der Waals surface area contributed by atoms with Gasteiger partial charge in [-0.05, 0) is 36.8 Å². The molecule has 0 radical (unpaired) electrons. The molecule has 1 aliphatic heterocycles. The number of carboxylic acid groups (broad SMARTS) is 1. The summed E-state index contributed by atoms with van der Waals surface area (Å²) < 4.78 is 0. The summed E-state index contributed by atoms with van der Waals surface area (Å²) >= 11 is 0. The Morgan fingerprint density at radius 2 is 2.21 bits per heavy atom. The van der Waals surface area contributed by atoms with E-state index in [-0.39, 0.29) is 12.5 Å². The number of rotatable bonds is 4. The molecule has 0 bridgehead atoms. The number of carboxylic acids is 1. The normalized spacial score (nSPS) is 19.2. The number of aryl methyl sites for hydroxylation is 1. The van der Waals surface area contributed by atoms with Gasteiger partial charge < -0.3 is 10.0 Å². The summed E-state index contributed by atoms with van der Waals surface area (Å²) in [6, 6.07) is 6.54. The molecule has 3 nitrogen and oxygen atoms in total. The van der Waals surface area contributed by atoms with Crippen molar-refractivity contribution in [3.8, 4) is 0 Å². The summed E-state index contributed by atoms with van der Waals surface area (Å²) in [5, 5.41) is 9.06. The van der Waals surface area contributed by atoms with Crippen molar-refractivity contribution in [2.45, 2.75) is 52.0 Å². The summed E-state index contributed by atoms with van der Waals surface area (Å²) in [5.74, 6) is -0.238. The van der Waals surface area contributed by atoms with Gasteiger partial charge in [0, 0.05) is 18.3 Å². The zero-order valence-electron chi connectivity index (χ0n) is 12.0. The van der Waals surface area contributed by atoms with E-state index in [1.54, 1.807) is 0 Å². The molecule has 1 N–H and O–H groups in total. The van der Waals surface area contributed by atoms with E-state index in [1.165, 1.54) is 16.8 Å². The van der Waals surface area contributed by atoms with E-state index in [0.29, 0.717) is 5.92 Å². The molecule has 0 spiro atoms. The molecule has 1 fully saturated rings. The summed E-state index contributed by atoms with van der Waals surface area (Å²) in [4.78, 5) is 13.3. The van der Waals surface area contributed by atoms with E-state index in [2.05, 4.69) is 43.9 Å². The Morgan fingerprint density at radius 1 is 1.47 bits per heavy atom. The molecule has 0 aromatic heterocycles. The Bertz CT molecular complexity index is 468. The maximum absolute atomic E-state index is 11.0. The maximum Gasteiger partial charge on any atom is 0.305 e. The lowest BCUT2D eigenvalue weighted by Gasteiger charge is -2.30. The van der Waals surface area contributed by atoms with Crippen molar-refractivity contribution in [2.24, 2.45) is 0 Å². The quantitative estimate of drug-likeness (QED) is 0.901. The largest absolute Gasteiger partial charge is 0.481 e. The van der Waals surface area contributed by atoms with E-state index in [9.17, 15) is 4.79 Å². The van der Waals surface area contributed by atoms with Crippen molar-refractivity contribution in [1.82, 2.24) is 0 Å². The number of para-hydroxylation sites is 1. The van der Waals surface area contributed by atoms with Crippen LogP contribution in [0, 0.1) is 6.92 Å². The smallest absolute Gasteiger partial charge is 0.305 e. The summed E-state index contributed by atoms with van der Waals surface area (Å²) in [7, 11) is 0. The van der Waals surface area contributed by atoms with Gasteiger partial charge >= 0.3 is 5.97 Å². The minimum absolute atomic E-state index is 0.149. The summed E-state index contributed by atoms with van der Waals surface area (Å²) in [6.45, 7) is 7.49. The second-order valence-electron chi connectivity index (χ2n) is 5.75. The van der Waals surface area contributed by atoms with E-state index >= 15 is 0 Å². The first-order valence-corrected chi connectivity index (χ1v) is 7.08. The van der Waals surface area contributed by atoms with Gasteiger partial charge in [-0.2, -0.15) is 0 Å². The third kappa shape index (κ3) is 2.91. The second kappa shape index (κ2) is 5.64. The van der Waals surface area contributed by atoms with Gasteiger partial charge in [0.05, 0.1) is 6.42 Å². The minimum atomic E-state index is -0.698. The average molecular weight is 261 g/mol. The van der Waals surface area contributed by atoms with Crippen molar-refractivity contribution in [3.05, 3.63) is 29.3 Å². The monoisotopic (exact) mass is 261 g/mol. The molecule has 1 heterocycles. The highest BCUT2D eigenvalue weighted by molar-refractivity contribution is 5.70. The lowest BCUT2D eigenvalue weighted by atomic mass is 9.96. The van der Waals surface area contributed by atoms with Gasteiger partial charge in [-0.3, -0.25) is 4.79 Å². The van der Waals surface area contributed by atoms with Gasteiger partial charge in [0.2, 0.25) is 0 Å². The lowest BCUT2D eigenvalue weighted by Crippen LogP contribution is -2.32. The second-order valence-corrected chi connectivity index (χ2v) is 5.75. The van der Waals surface area contributed by atoms with E-state index < -0.39 is 5.97 Å². The molecule has 1 saturated heterocycles. The van der Waals surface area contributed by atoms with Gasteiger partial charge in [0.25, 0.3) is 0 Å². The predicted molar refractivity (Wildman–Crippen MR) is 77.9 cm³/mol. The van der Waals surface area contributed by atoms with Crippen molar-refractivity contribution < 1.29 is 9.90 Å². The average Bonchev–Trinajstić information content (AvgIpc) is 2.75.